The molecule has 0 aliphatic carbocycles. The number of benzene rings is 3. The van der Waals surface area contributed by atoms with E-state index in [0.29, 0.717) is 39.3 Å². The molecular formula is C32H28AsClF2N6O4S. The van der Waals surface area contributed by atoms with E-state index in [4.69, 9.17) is 21.3 Å². The van der Waals surface area contributed by atoms with Crippen LogP contribution in [-0.2, 0) is 30.0 Å². The summed E-state index contributed by atoms with van der Waals surface area (Å²) in [5, 5.41) is 5.38. The molecular weight excluding hydrogens is 713 g/mol. The average molecular weight is 741 g/mol. The van der Waals surface area contributed by atoms with Gasteiger partial charge in [0.25, 0.3) is 0 Å². The molecule has 0 radical (unpaired) electrons. The molecule has 242 valence electrons. The van der Waals surface area contributed by atoms with Crippen molar-refractivity contribution in [3.63, 3.8) is 0 Å². The summed E-state index contributed by atoms with van der Waals surface area (Å²) >= 11 is 7.96. The van der Waals surface area contributed by atoms with E-state index in [1.54, 1.807) is 62.7 Å². The van der Waals surface area contributed by atoms with Crippen molar-refractivity contribution in [2.45, 2.75) is 17.7 Å². The summed E-state index contributed by atoms with van der Waals surface area (Å²) in [5.41, 5.74) is 1.57. The SMILES string of the molecule is COc1ccc(CN(c2nn(C)c3c(-n4c(C([AsH2])Cc5cc(F)cc(F)c5)nc5ncccc5c4=O)ccc(Cl)c23)S(C)(=O)=O)cc1. The molecule has 3 aromatic carbocycles. The third-order valence-electron chi connectivity index (χ3n) is 7.64. The number of hydrogen-bond acceptors (Lipinski definition) is 7. The Bertz CT molecular complexity index is 2310. The number of anilines is 1. The van der Waals surface area contributed by atoms with Crippen LogP contribution in [0.2, 0.25) is 5.02 Å². The van der Waals surface area contributed by atoms with Gasteiger partial charge in [0.05, 0.1) is 7.11 Å². The first-order chi connectivity index (χ1) is 22.3. The normalized spacial score (nSPS) is 12.5. The predicted molar refractivity (Wildman–Crippen MR) is 180 cm³/mol. The van der Waals surface area contributed by atoms with Crippen LogP contribution in [0.3, 0.4) is 0 Å². The third-order valence-corrected chi connectivity index (χ3v) is 10.2. The molecule has 0 aliphatic rings. The predicted octanol–water partition coefficient (Wildman–Crippen LogP) is 4.49. The molecule has 10 nitrogen and oxygen atoms in total. The first kappa shape index (κ1) is 32.6. The molecule has 0 amide bonds. The fraction of sp³-hybridized carbons (Fsp3) is 0.188. The van der Waals surface area contributed by atoms with Crippen molar-refractivity contribution in [3.05, 3.63) is 117 Å². The van der Waals surface area contributed by atoms with Crippen LogP contribution in [0.4, 0.5) is 14.6 Å². The molecule has 0 aliphatic heterocycles. The third kappa shape index (κ3) is 6.35. The van der Waals surface area contributed by atoms with E-state index in [-0.39, 0.29) is 34.8 Å². The van der Waals surface area contributed by atoms with Crippen molar-refractivity contribution in [1.29, 1.82) is 0 Å². The summed E-state index contributed by atoms with van der Waals surface area (Å²) in [7, 11) is -0.716. The molecule has 0 spiro atoms. The number of rotatable bonds is 9. The molecule has 3 heterocycles. The van der Waals surface area contributed by atoms with Gasteiger partial charge >= 0.3 is 266 Å². The first-order valence-electron chi connectivity index (χ1n) is 14.2. The van der Waals surface area contributed by atoms with Crippen molar-refractivity contribution in [3.8, 4) is 11.4 Å². The number of ether oxygens (including phenoxy) is 1. The molecule has 6 rings (SSSR count). The molecule has 2 unspecified atom stereocenters. The van der Waals surface area contributed by atoms with E-state index < -0.39 is 31.9 Å². The molecule has 3 aromatic heterocycles. The van der Waals surface area contributed by atoms with Crippen LogP contribution in [0.1, 0.15) is 21.7 Å². The number of pyridine rings is 1. The molecule has 47 heavy (non-hydrogen) atoms. The maximum atomic E-state index is 14.2. The zero-order valence-corrected chi connectivity index (χ0v) is 29.4. The number of sulfonamides is 1. The second-order valence-electron chi connectivity index (χ2n) is 10.9. The van der Waals surface area contributed by atoms with Gasteiger partial charge in [-0.3, -0.25) is 0 Å². The number of fused-ring (bicyclic) bond motifs is 2. The summed E-state index contributed by atoms with van der Waals surface area (Å²) in [6, 6.07) is 16.7. The number of aromatic nitrogens is 5. The van der Waals surface area contributed by atoms with Crippen LogP contribution in [-0.4, -0.2) is 63.0 Å². The number of aryl methyl sites for hydroxylation is 1. The number of hydrogen-bond donors (Lipinski definition) is 0. The molecule has 0 saturated carbocycles. The number of nitrogens with zero attached hydrogens (tertiary/aromatic N) is 6. The number of methoxy groups -OCH3 is 1. The van der Waals surface area contributed by atoms with Crippen LogP contribution in [0.5, 0.6) is 5.75 Å². The van der Waals surface area contributed by atoms with Crippen LogP contribution in [0, 0.1) is 11.6 Å². The Hall–Kier alpha value is -4.32. The van der Waals surface area contributed by atoms with Gasteiger partial charge in [-0.05, 0) is 0 Å². The second kappa shape index (κ2) is 12.7. The Morgan fingerprint density at radius 1 is 1.04 bits per heavy atom. The van der Waals surface area contributed by atoms with Crippen LogP contribution >= 0.6 is 11.6 Å². The van der Waals surface area contributed by atoms with Crippen LogP contribution in [0.25, 0.3) is 27.6 Å². The zero-order valence-electron chi connectivity index (χ0n) is 25.4. The van der Waals surface area contributed by atoms with E-state index in [1.807, 2.05) is 0 Å². The van der Waals surface area contributed by atoms with Crippen LogP contribution < -0.4 is 14.6 Å². The Morgan fingerprint density at radius 3 is 2.40 bits per heavy atom. The Labute approximate surface area is 282 Å². The Balaban J connectivity index is 1.57. The van der Waals surface area contributed by atoms with Crippen LogP contribution in [0.15, 0.2) is 77.7 Å². The van der Waals surface area contributed by atoms with Gasteiger partial charge in [-0.1, -0.05) is 0 Å². The summed E-state index contributed by atoms with van der Waals surface area (Å²) in [5.74, 6) is -0.427. The van der Waals surface area contributed by atoms with Crippen molar-refractivity contribution in [2.24, 2.45) is 7.05 Å². The molecule has 0 N–H and O–H groups in total. The van der Waals surface area contributed by atoms with E-state index in [1.165, 1.54) is 44.4 Å². The quantitative estimate of drug-likeness (QED) is 0.201. The van der Waals surface area contributed by atoms with Gasteiger partial charge < -0.3 is 4.74 Å². The Morgan fingerprint density at radius 2 is 1.74 bits per heavy atom. The second-order valence-corrected chi connectivity index (χ2v) is 14.9. The van der Waals surface area contributed by atoms with Crippen molar-refractivity contribution in [1.82, 2.24) is 24.3 Å². The minimum atomic E-state index is -3.88. The van der Waals surface area contributed by atoms with E-state index in [9.17, 15) is 22.0 Å². The monoisotopic (exact) mass is 740 g/mol. The molecule has 0 saturated heterocycles. The minimum absolute atomic E-state index is 0.0480. The maximum absolute atomic E-state index is 14.2. The van der Waals surface area contributed by atoms with Crippen molar-refractivity contribution >= 4 is 66.2 Å². The van der Waals surface area contributed by atoms with Gasteiger partial charge in [-0.2, -0.15) is 0 Å². The summed E-state index contributed by atoms with van der Waals surface area (Å²) < 4.78 is 63.4. The average Bonchev–Trinajstić information content (AvgIpc) is 3.37. The molecule has 6 aromatic rings. The summed E-state index contributed by atoms with van der Waals surface area (Å²) in [6.45, 7) is -0.0480. The van der Waals surface area contributed by atoms with E-state index >= 15 is 0 Å². The fourth-order valence-corrected chi connectivity index (χ4v) is 7.63. The summed E-state index contributed by atoms with van der Waals surface area (Å²) in [6.07, 6.45) is 2.78. The zero-order chi connectivity index (χ0) is 33.6. The number of halogens is 3. The standard InChI is InChI=1S/C32H28AsClF2N6O4S/c1-40-28-26(11-10-25(34)27(28)31(39-40)41(47(3,44)45)17-18-6-8-22(46-2)9-7-18)42-30(38-29-23(32(42)43)5-4-12-37-29)24(33)15-19-13-20(35)16-21(36)14-19/h4-14,16,24H,15,17,33H2,1-3H3. The van der Waals surface area contributed by atoms with Gasteiger partial charge in [0.2, 0.25) is 0 Å². The molecule has 0 bridgehead atoms. The van der Waals surface area contributed by atoms with Gasteiger partial charge in [0.15, 0.2) is 0 Å². The molecule has 0 fully saturated rings. The van der Waals surface area contributed by atoms with E-state index in [0.717, 1.165) is 16.6 Å². The van der Waals surface area contributed by atoms with Crippen molar-refractivity contribution in [2.75, 3.05) is 17.7 Å². The van der Waals surface area contributed by atoms with E-state index in [2.05, 4.69) is 10.1 Å². The van der Waals surface area contributed by atoms with Gasteiger partial charge in [-0.25, -0.2) is 0 Å². The summed E-state index contributed by atoms with van der Waals surface area (Å²) in [4.78, 5) is 23.3. The Kier molecular flexibility index (Phi) is 8.82. The first-order valence-corrected chi connectivity index (χ1v) is 17.8. The van der Waals surface area contributed by atoms with Gasteiger partial charge in [0, 0.05) is 0 Å². The topological polar surface area (TPSA) is 112 Å². The molecule has 15 heteroatoms. The van der Waals surface area contributed by atoms with Gasteiger partial charge in [-0.15, -0.1) is 0 Å². The molecule has 2 atom stereocenters. The fourth-order valence-electron chi connectivity index (χ4n) is 5.53. The van der Waals surface area contributed by atoms with Crippen molar-refractivity contribution < 1.29 is 21.9 Å². The van der Waals surface area contributed by atoms with Gasteiger partial charge in [0.1, 0.15) is 5.75 Å².